The van der Waals surface area contributed by atoms with E-state index in [-0.39, 0.29) is 17.7 Å². The van der Waals surface area contributed by atoms with Crippen LogP contribution in [0.3, 0.4) is 0 Å². The van der Waals surface area contributed by atoms with E-state index in [9.17, 15) is 10.1 Å². The van der Waals surface area contributed by atoms with Crippen LogP contribution in [0.4, 0.5) is 5.69 Å². The van der Waals surface area contributed by atoms with E-state index in [0.29, 0.717) is 5.75 Å². The van der Waals surface area contributed by atoms with Gasteiger partial charge in [-0.1, -0.05) is 30.3 Å². The van der Waals surface area contributed by atoms with Crippen molar-refractivity contribution in [3.63, 3.8) is 0 Å². The average Bonchev–Trinajstić information content (AvgIpc) is 2.74. The van der Waals surface area contributed by atoms with E-state index in [1.54, 1.807) is 12.1 Å². The van der Waals surface area contributed by atoms with Gasteiger partial charge in [-0.2, -0.15) is 0 Å². The Labute approximate surface area is 167 Å². The Hall–Kier alpha value is -4.13. The maximum atomic E-state index is 10.9. The number of guanidine groups is 1. The summed E-state index contributed by atoms with van der Waals surface area (Å²) in [4.78, 5) is 14.9. The Bertz CT molecular complexity index is 1090. The van der Waals surface area contributed by atoms with Gasteiger partial charge in [0.25, 0.3) is 5.69 Å². The lowest BCUT2D eigenvalue weighted by Crippen LogP contribution is -2.33. The first-order chi connectivity index (χ1) is 14.1. The molecule has 29 heavy (non-hydrogen) atoms. The number of nitrogens with zero attached hydrogens (tertiary/aromatic N) is 2. The van der Waals surface area contributed by atoms with Crippen LogP contribution in [0.2, 0.25) is 0 Å². The zero-order valence-corrected chi connectivity index (χ0v) is 15.4. The first kappa shape index (κ1) is 18.2. The van der Waals surface area contributed by atoms with Crippen molar-refractivity contribution in [2.75, 3.05) is 0 Å². The number of hydrogen-bond donors (Lipinski definition) is 2. The van der Waals surface area contributed by atoms with E-state index in [0.717, 1.165) is 22.6 Å². The van der Waals surface area contributed by atoms with Crippen LogP contribution in [-0.2, 0) is 0 Å². The van der Waals surface area contributed by atoms with Gasteiger partial charge in [0.05, 0.1) is 11.0 Å². The third-order valence-electron chi connectivity index (χ3n) is 4.43. The average molecular weight is 386 g/mol. The summed E-state index contributed by atoms with van der Waals surface area (Å²) < 4.78 is 5.90. The van der Waals surface area contributed by atoms with E-state index >= 15 is 0 Å². The van der Waals surface area contributed by atoms with Gasteiger partial charge in [-0.15, -0.1) is 0 Å². The number of nitrogens with two attached hydrogens (primary N) is 1. The van der Waals surface area contributed by atoms with E-state index in [1.807, 2.05) is 60.7 Å². The van der Waals surface area contributed by atoms with Gasteiger partial charge in [0.2, 0.25) is 0 Å². The number of ether oxygens (including phenoxy) is 1. The summed E-state index contributed by atoms with van der Waals surface area (Å²) in [6.07, 6.45) is 1.93. The molecule has 1 aliphatic heterocycles. The zero-order valence-electron chi connectivity index (χ0n) is 15.4. The van der Waals surface area contributed by atoms with Gasteiger partial charge >= 0.3 is 0 Å². The Morgan fingerprint density at radius 1 is 0.966 bits per heavy atom. The quantitative estimate of drug-likeness (QED) is 0.500. The molecule has 0 aromatic heterocycles. The summed E-state index contributed by atoms with van der Waals surface area (Å²) in [5.74, 6) is 1.73. The minimum atomic E-state index is -0.427. The smallest absolute Gasteiger partial charge is 0.269 e. The summed E-state index contributed by atoms with van der Waals surface area (Å²) in [6, 6.07) is 23.2. The first-order valence-electron chi connectivity index (χ1n) is 8.98. The topological polar surface area (TPSA) is 103 Å². The van der Waals surface area contributed by atoms with Crippen molar-refractivity contribution < 1.29 is 9.66 Å². The molecule has 144 valence electrons. The molecule has 3 aromatic rings. The summed E-state index contributed by atoms with van der Waals surface area (Å²) in [5, 5.41) is 13.9. The highest BCUT2D eigenvalue weighted by atomic mass is 16.6. The number of para-hydroxylation sites is 1. The molecule has 7 heteroatoms. The standard InChI is InChI=1S/C22H18N4O3/c23-22-24-20(15-9-11-17(12-10-15)26(27)28)14-21(25-22)16-5-4-8-19(13-16)29-18-6-2-1-3-7-18/h1-14,21H,(H3,23,24,25). The van der Waals surface area contributed by atoms with E-state index < -0.39 is 4.92 Å². The van der Waals surface area contributed by atoms with Crippen LogP contribution in [0.15, 0.2) is 89.9 Å². The van der Waals surface area contributed by atoms with Gasteiger partial charge in [-0.25, -0.2) is 4.99 Å². The first-order valence-corrected chi connectivity index (χ1v) is 8.98. The molecule has 0 saturated heterocycles. The molecule has 0 bridgehead atoms. The second-order valence-electron chi connectivity index (χ2n) is 6.46. The van der Waals surface area contributed by atoms with Gasteiger partial charge < -0.3 is 15.8 Å². The summed E-state index contributed by atoms with van der Waals surface area (Å²) >= 11 is 0. The van der Waals surface area contributed by atoms with Crippen molar-refractivity contribution in [2.24, 2.45) is 10.7 Å². The van der Waals surface area contributed by atoms with Crippen LogP contribution in [0.1, 0.15) is 17.2 Å². The third-order valence-corrected chi connectivity index (χ3v) is 4.43. The number of nitro groups is 1. The van der Waals surface area contributed by atoms with Gasteiger partial charge in [-0.05, 0) is 53.6 Å². The predicted molar refractivity (Wildman–Crippen MR) is 112 cm³/mol. The Balaban J connectivity index is 1.61. The molecule has 0 fully saturated rings. The van der Waals surface area contributed by atoms with E-state index in [2.05, 4.69) is 10.3 Å². The van der Waals surface area contributed by atoms with Gasteiger partial charge in [0.1, 0.15) is 11.5 Å². The highest BCUT2D eigenvalue weighted by Crippen LogP contribution is 2.30. The van der Waals surface area contributed by atoms with Crippen LogP contribution in [0, 0.1) is 10.1 Å². The Morgan fingerprint density at radius 3 is 2.41 bits per heavy atom. The minimum Gasteiger partial charge on any atom is -0.457 e. The maximum absolute atomic E-state index is 10.9. The number of rotatable bonds is 5. The van der Waals surface area contributed by atoms with E-state index in [4.69, 9.17) is 10.5 Å². The number of nitro benzene ring substituents is 1. The molecule has 4 rings (SSSR count). The molecule has 0 spiro atoms. The lowest BCUT2D eigenvalue weighted by molar-refractivity contribution is -0.384. The molecule has 0 amide bonds. The molecule has 3 aromatic carbocycles. The lowest BCUT2D eigenvalue weighted by Gasteiger charge is -2.21. The Kier molecular flexibility index (Phi) is 4.94. The molecule has 0 radical (unpaired) electrons. The summed E-state index contributed by atoms with van der Waals surface area (Å²) in [7, 11) is 0. The van der Waals surface area contributed by atoms with Crippen molar-refractivity contribution in [3.8, 4) is 11.5 Å². The number of non-ortho nitro benzene ring substituents is 1. The highest BCUT2D eigenvalue weighted by Gasteiger charge is 2.18. The predicted octanol–water partition coefficient (Wildman–Crippen LogP) is 4.39. The number of nitrogens with one attached hydrogen (secondary N) is 1. The monoisotopic (exact) mass is 386 g/mol. The molecule has 1 atom stereocenters. The van der Waals surface area contributed by atoms with Crippen LogP contribution in [0.5, 0.6) is 11.5 Å². The van der Waals surface area contributed by atoms with Gasteiger partial charge in [0, 0.05) is 17.8 Å². The van der Waals surface area contributed by atoms with Gasteiger partial charge in [-0.3, -0.25) is 10.1 Å². The highest BCUT2D eigenvalue weighted by molar-refractivity contribution is 5.90. The second kappa shape index (κ2) is 7.85. The molecule has 1 heterocycles. The molecular weight excluding hydrogens is 368 g/mol. The Morgan fingerprint density at radius 2 is 1.69 bits per heavy atom. The maximum Gasteiger partial charge on any atom is 0.269 e. The fourth-order valence-electron chi connectivity index (χ4n) is 3.05. The summed E-state index contributed by atoms with van der Waals surface area (Å²) in [6.45, 7) is 0. The van der Waals surface area contributed by atoms with Crippen LogP contribution < -0.4 is 15.8 Å². The molecule has 1 unspecified atom stereocenters. The third kappa shape index (κ3) is 4.24. The normalized spacial score (nSPS) is 15.7. The molecule has 3 N–H and O–H groups in total. The summed E-state index contributed by atoms with van der Waals surface area (Å²) in [5.41, 5.74) is 8.47. The fourth-order valence-corrected chi connectivity index (χ4v) is 3.05. The number of hydrogen-bond acceptors (Lipinski definition) is 6. The lowest BCUT2D eigenvalue weighted by atomic mass is 10.0. The van der Waals surface area contributed by atoms with Crippen molar-refractivity contribution in [1.29, 1.82) is 0 Å². The molecule has 1 aliphatic rings. The number of benzene rings is 3. The molecule has 7 nitrogen and oxygen atoms in total. The van der Waals surface area contributed by atoms with Crippen LogP contribution in [-0.4, -0.2) is 10.9 Å². The van der Waals surface area contributed by atoms with Crippen molar-refractivity contribution in [1.82, 2.24) is 5.32 Å². The van der Waals surface area contributed by atoms with Crippen LogP contribution >= 0.6 is 0 Å². The SMILES string of the molecule is NC1=NC(c2cccc(Oc3ccccc3)c2)C=C(c2ccc([N+](=O)[O-])cc2)N1. The van der Waals surface area contributed by atoms with E-state index in [1.165, 1.54) is 12.1 Å². The van der Waals surface area contributed by atoms with Crippen molar-refractivity contribution >= 4 is 17.3 Å². The number of aliphatic imine (C=N–C) groups is 1. The molecular formula is C22H18N4O3. The fraction of sp³-hybridized carbons (Fsp3) is 0.0455. The second-order valence-corrected chi connectivity index (χ2v) is 6.46. The molecule has 0 aliphatic carbocycles. The van der Waals surface area contributed by atoms with Crippen molar-refractivity contribution in [2.45, 2.75) is 6.04 Å². The zero-order chi connectivity index (χ0) is 20.2. The van der Waals surface area contributed by atoms with Gasteiger partial charge in [0.15, 0.2) is 5.96 Å². The van der Waals surface area contributed by atoms with Crippen LogP contribution in [0.25, 0.3) is 5.70 Å². The molecule has 0 saturated carbocycles. The minimum absolute atomic E-state index is 0.0362. The van der Waals surface area contributed by atoms with Crippen molar-refractivity contribution in [3.05, 3.63) is 106 Å². The largest absolute Gasteiger partial charge is 0.457 e.